The van der Waals surface area contributed by atoms with Crippen molar-refractivity contribution in [2.24, 2.45) is 16.7 Å². The Morgan fingerprint density at radius 3 is 2.67 bits per heavy atom. The predicted octanol–water partition coefficient (Wildman–Crippen LogP) is 3.78. The van der Waals surface area contributed by atoms with Crippen LogP contribution in [0, 0.1) is 16.7 Å². The van der Waals surface area contributed by atoms with Gasteiger partial charge in [0.05, 0.1) is 0 Å². The van der Waals surface area contributed by atoms with Crippen molar-refractivity contribution in [1.29, 1.82) is 0 Å². The van der Waals surface area contributed by atoms with E-state index in [1.165, 1.54) is 6.42 Å². The van der Waals surface area contributed by atoms with Crippen molar-refractivity contribution in [2.75, 3.05) is 0 Å². The SMILES string of the molecule is CC1CCC(C)(C=C=O)/C=C\CC1(C)C. The second-order valence-electron chi connectivity index (χ2n) is 5.80. The van der Waals surface area contributed by atoms with Crippen LogP contribution < -0.4 is 0 Å². The van der Waals surface area contributed by atoms with Crippen LogP contribution >= 0.6 is 0 Å². The third-order valence-corrected chi connectivity index (χ3v) is 3.98. The average Bonchev–Trinajstić information content (AvgIpc) is 2.13. The quantitative estimate of drug-likeness (QED) is 0.471. The van der Waals surface area contributed by atoms with Gasteiger partial charge >= 0.3 is 0 Å². The van der Waals surface area contributed by atoms with Crippen LogP contribution in [-0.2, 0) is 4.79 Å². The van der Waals surface area contributed by atoms with Gasteiger partial charge in [0.15, 0.2) is 0 Å². The van der Waals surface area contributed by atoms with E-state index in [1.54, 1.807) is 6.08 Å². The fraction of sp³-hybridized carbons (Fsp3) is 0.714. The van der Waals surface area contributed by atoms with Crippen molar-refractivity contribution < 1.29 is 4.79 Å². The van der Waals surface area contributed by atoms with Gasteiger partial charge in [-0.2, -0.15) is 0 Å². The zero-order valence-electron chi connectivity index (χ0n) is 10.3. The standard InChI is InChI=1S/C14H22O/c1-12-6-9-14(4,10-11-15)8-5-7-13(12,2)3/h5,8,10,12H,6-7,9H2,1-4H3/b8-5-. The molecule has 0 aromatic heterocycles. The predicted molar refractivity (Wildman–Crippen MR) is 64.3 cm³/mol. The topological polar surface area (TPSA) is 17.1 Å². The Labute approximate surface area is 93.3 Å². The molecule has 1 aliphatic rings. The fourth-order valence-electron chi connectivity index (χ4n) is 2.09. The first kappa shape index (κ1) is 12.3. The molecule has 0 fully saturated rings. The third kappa shape index (κ3) is 3.07. The molecule has 0 spiro atoms. The van der Waals surface area contributed by atoms with Crippen LogP contribution in [0.1, 0.15) is 47.0 Å². The van der Waals surface area contributed by atoms with Gasteiger partial charge in [-0.15, -0.1) is 0 Å². The lowest BCUT2D eigenvalue weighted by Crippen LogP contribution is -2.25. The lowest BCUT2D eigenvalue weighted by molar-refractivity contribution is 0.198. The summed E-state index contributed by atoms with van der Waals surface area (Å²) in [6.07, 6.45) is 9.37. The van der Waals surface area contributed by atoms with E-state index in [0.29, 0.717) is 11.3 Å². The van der Waals surface area contributed by atoms with Gasteiger partial charge in [-0.05, 0) is 30.6 Å². The molecule has 2 unspecified atom stereocenters. The molecule has 0 saturated heterocycles. The first-order valence-electron chi connectivity index (χ1n) is 5.79. The average molecular weight is 206 g/mol. The van der Waals surface area contributed by atoms with Gasteiger partial charge < -0.3 is 0 Å². The zero-order valence-corrected chi connectivity index (χ0v) is 10.3. The Morgan fingerprint density at radius 1 is 1.40 bits per heavy atom. The van der Waals surface area contributed by atoms with E-state index in [-0.39, 0.29) is 5.41 Å². The summed E-state index contributed by atoms with van der Waals surface area (Å²) in [7, 11) is 0. The molecule has 0 bridgehead atoms. The Bertz CT molecular complexity index is 294. The van der Waals surface area contributed by atoms with Gasteiger partial charge in [-0.1, -0.05) is 39.8 Å². The summed E-state index contributed by atoms with van der Waals surface area (Å²) in [5.74, 6) is 2.63. The van der Waals surface area contributed by atoms with Gasteiger partial charge in [0.2, 0.25) is 0 Å². The minimum Gasteiger partial charge on any atom is -0.234 e. The van der Waals surface area contributed by atoms with E-state index in [1.807, 2.05) is 5.94 Å². The highest BCUT2D eigenvalue weighted by molar-refractivity contribution is 5.48. The summed E-state index contributed by atoms with van der Waals surface area (Å²) in [6.45, 7) is 9.06. The van der Waals surface area contributed by atoms with Gasteiger partial charge in [0.1, 0.15) is 5.94 Å². The molecular formula is C14H22O. The second-order valence-corrected chi connectivity index (χ2v) is 5.80. The fourth-order valence-corrected chi connectivity index (χ4v) is 2.09. The van der Waals surface area contributed by atoms with Crippen LogP contribution in [0.2, 0.25) is 0 Å². The van der Waals surface area contributed by atoms with Crippen LogP contribution in [-0.4, -0.2) is 5.94 Å². The summed E-state index contributed by atoms with van der Waals surface area (Å²) in [5.41, 5.74) is 0.301. The number of hydrogen-bond donors (Lipinski definition) is 0. The molecule has 0 amide bonds. The van der Waals surface area contributed by atoms with Gasteiger partial charge in [-0.3, -0.25) is 0 Å². The molecular weight excluding hydrogens is 184 g/mol. The van der Waals surface area contributed by atoms with Crippen LogP contribution in [0.25, 0.3) is 0 Å². The van der Waals surface area contributed by atoms with Crippen molar-refractivity contribution in [3.05, 3.63) is 18.2 Å². The summed E-state index contributed by atoms with van der Waals surface area (Å²) >= 11 is 0. The maximum atomic E-state index is 10.5. The minimum absolute atomic E-state index is 0.0769. The Balaban J connectivity index is 2.88. The van der Waals surface area contributed by atoms with Gasteiger partial charge in [-0.25, -0.2) is 4.79 Å². The molecule has 1 nitrogen and oxygen atoms in total. The zero-order chi connectivity index (χ0) is 11.5. The number of rotatable bonds is 1. The summed E-state index contributed by atoms with van der Waals surface area (Å²) in [4.78, 5) is 10.5. The van der Waals surface area contributed by atoms with Crippen LogP contribution in [0.4, 0.5) is 0 Å². The van der Waals surface area contributed by atoms with Crippen LogP contribution in [0.3, 0.4) is 0 Å². The summed E-state index contributed by atoms with van der Waals surface area (Å²) in [5, 5.41) is 0. The molecule has 84 valence electrons. The van der Waals surface area contributed by atoms with E-state index in [0.717, 1.165) is 12.8 Å². The highest BCUT2D eigenvalue weighted by Crippen LogP contribution is 2.40. The number of carbonyl (C=O) groups excluding carboxylic acids is 1. The minimum atomic E-state index is -0.0769. The lowest BCUT2D eigenvalue weighted by Gasteiger charge is -2.35. The van der Waals surface area contributed by atoms with E-state index in [2.05, 4.69) is 39.8 Å². The molecule has 0 aliphatic heterocycles. The van der Waals surface area contributed by atoms with Crippen molar-refractivity contribution in [3.8, 4) is 0 Å². The molecule has 0 N–H and O–H groups in total. The Kier molecular flexibility index (Phi) is 3.57. The molecule has 0 aromatic rings. The Morgan fingerprint density at radius 2 is 2.07 bits per heavy atom. The van der Waals surface area contributed by atoms with E-state index >= 15 is 0 Å². The number of allylic oxidation sites excluding steroid dienone is 3. The monoisotopic (exact) mass is 206 g/mol. The second kappa shape index (κ2) is 4.37. The molecule has 1 aliphatic carbocycles. The van der Waals surface area contributed by atoms with Crippen molar-refractivity contribution >= 4 is 5.94 Å². The summed E-state index contributed by atoms with van der Waals surface area (Å²) < 4.78 is 0. The van der Waals surface area contributed by atoms with Gasteiger partial charge in [0.25, 0.3) is 0 Å². The van der Waals surface area contributed by atoms with Crippen molar-refractivity contribution in [1.82, 2.24) is 0 Å². The molecule has 0 aromatic carbocycles. The molecule has 0 radical (unpaired) electrons. The van der Waals surface area contributed by atoms with Crippen LogP contribution in [0.15, 0.2) is 18.2 Å². The third-order valence-electron chi connectivity index (χ3n) is 3.98. The molecule has 1 heteroatoms. The summed E-state index contributed by atoms with van der Waals surface area (Å²) in [6, 6.07) is 0. The first-order chi connectivity index (χ1) is 6.90. The van der Waals surface area contributed by atoms with Crippen LogP contribution in [0.5, 0.6) is 0 Å². The highest BCUT2D eigenvalue weighted by Gasteiger charge is 2.29. The lowest BCUT2D eigenvalue weighted by atomic mass is 9.69. The van der Waals surface area contributed by atoms with E-state index < -0.39 is 0 Å². The Hall–Kier alpha value is -0.810. The molecule has 0 heterocycles. The van der Waals surface area contributed by atoms with E-state index in [4.69, 9.17) is 0 Å². The maximum Gasteiger partial charge on any atom is 0.120 e. The molecule has 15 heavy (non-hydrogen) atoms. The molecule has 1 rings (SSSR count). The number of hydrogen-bond acceptors (Lipinski definition) is 1. The van der Waals surface area contributed by atoms with Gasteiger partial charge in [0, 0.05) is 11.5 Å². The molecule has 2 atom stereocenters. The molecule has 0 saturated carbocycles. The maximum absolute atomic E-state index is 10.5. The normalized spacial score (nSPS) is 37.2. The first-order valence-corrected chi connectivity index (χ1v) is 5.79. The van der Waals surface area contributed by atoms with Crippen molar-refractivity contribution in [2.45, 2.75) is 47.0 Å². The largest absolute Gasteiger partial charge is 0.234 e. The van der Waals surface area contributed by atoms with Crippen molar-refractivity contribution in [3.63, 3.8) is 0 Å². The smallest absolute Gasteiger partial charge is 0.120 e. The highest BCUT2D eigenvalue weighted by atomic mass is 16.1. The van der Waals surface area contributed by atoms with E-state index in [9.17, 15) is 4.79 Å².